The lowest BCUT2D eigenvalue weighted by Crippen LogP contribution is -2.15. The predicted octanol–water partition coefficient (Wildman–Crippen LogP) is -0.0972. The van der Waals surface area contributed by atoms with Gasteiger partial charge < -0.3 is 20.2 Å². The van der Waals surface area contributed by atoms with Crippen LogP contribution in [0.1, 0.15) is 0 Å². The summed E-state index contributed by atoms with van der Waals surface area (Å²) in [6.07, 6.45) is 1.22. The van der Waals surface area contributed by atoms with Gasteiger partial charge in [-0.25, -0.2) is 0 Å². The molecule has 0 saturated heterocycles. The van der Waals surface area contributed by atoms with Gasteiger partial charge in [-0.3, -0.25) is 4.79 Å². The molecular weight excluding hydrogens is 192 g/mol. The molecule has 2 N–H and O–H groups in total. The molecule has 0 aromatic carbocycles. The predicted molar refractivity (Wildman–Crippen MR) is 45.7 cm³/mol. The summed E-state index contributed by atoms with van der Waals surface area (Å²) in [5, 5.41) is 18.5. The molecule has 0 radical (unpaired) electrons. The molecule has 0 bridgehead atoms. The van der Waals surface area contributed by atoms with Crippen molar-refractivity contribution in [1.82, 2.24) is 10.2 Å². The highest BCUT2D eigenvalue weighted by atomic mass is 16.6. The first-order valence-electron chi connectivity index (χ1n) is 3.63. The van der Waals surface area contributed by atoms with Crippen molar-refractivity contribution < 1.29 is 14.5 Å². The fourth-order valence-corrected chi connectivity index (χ4v) is 0.787. The minimum atomic E-state index is -0.632. The van der Waals surface area contributed by atoms with E-state index in [1.54, 1.807) is 0 Å². The lowest BCUT2D eigenvalue weighted by Gasteiger charge is -2.01. The molecule has 0 amide bonds. The smallest absolute Gasteiger partial charge is 0.366 e. The largest absolute Gasteiger partial charge is 0.468 e. The van der Waals surface area contributed by atoms with Crippen molar-refractivity contribution in [2.45, 2.75) is 0 Å². The monoisotopic (exact) mass is 200 g/mol. The zero-order valence-electron chi connectivity index (χ0n) is 7.31. The molecule has 0 spiro atoms. The molecule has 0 saturated carbocycles. The average molecular weight is 200 g/mol. The van der Waals surface area contributed by atoms with Crippen LogP contribution in [0.15, 0.2) is 6.20 Å². The normalized spacial score (nSPS) is 9.50. The van der Waals surface area contributed by atoms with Crippen molar-refractivity contribution >= 4 is 17.5 Å². The van der Waals surface area contributed by atoms with Gasteiger partial charge in [0, 0.05) is 0 Å². The Kier molecular flexibility index (Phi) is 3.00. The van der Waals surface area contributed by atoms with Crippen LogP contribution in [0.5, 0.6) is 0 Å². The van der Waals surface area contributed by atoms with Crippen LogP contribution in [0.4, 0.5) is 11.5 Å². The molecule has 1 aromatic rings. The molecule has 1 heterocycles. The Morgan fingerprint density at radius 2 is 2.57 bits per heavy atom. The lowest BCUT2D eigenvalue weighted by atomic mass is 10.5. The van der Waals surface area contributed by atoms with Crippen molar-refractivity contribution in [2.75, 3.05) is 19.0 Å². The Morgan fingerprint density at radius 1 is 1.86 bits per heavy atom. The number of nitrogens with zero attached hydrogens (tertiary/aromatic N) is 2. The van der Waals surface area contributed by atoms with E-state index in [1.165, 1.54) is 13.3 Å². The van der Waals surface area contributed by atoms with Gasteiger partial charge in [-0.2, -0.15) is 0 Å². The second-order valence-corrected chi connectivity index (χ2v) is 2.32. The van der Waals surface area contributed by atoms with Crippen LogP contribution in [-0.4, -0.2) is 34.7 Å². The van der Waals surface area contributed by atoms with Gasteiger partial charge in [0.2, 0.25) is 0 Å². The van der Waals surface area contributed by atoms with Crippen molar-refractivity contribution in [1.29, 1.82) is 0 Å². The van der Waals surface area contributed by atoms with Crippen LogP contribution >= 0.6 is 0 Å². The highest BCUT2D eigenvalue weighted by Crippen LogP contribution is 2.18. The number of nitro groups is 1. The molecule has 0 unspecified atom stereocenters. The van der Waals surface area contributed by atoms with Gasteiger partial charge in [0.25, 0.3) is 0 Å². The van der Waals surface area contributed by atoms with E-state index >= 15 is 0 Å². The molecule has 14 heavy (non-hydrogen) atoms. The number of rotatable bonds is 4. The third-order valence-electron chi connectivity index (χ3n) is 1.45. The van der Waals surface area contributed by atoms with Gasteiger partial charge in [0.1, 0.15) is 12.7 Å². The lowest BCUT2D eigenvalue weighted by molar-refractivity contribution is -0.388. The van der Waals surface area contributed by atoms with E-state index < -0.39 is 10.9 Å². The van der Waals surface area contributed by atoms with E-state index in [4.69, 9.17) is 0 Å². The van der Waals surface area contributed by atoms with Gasteiger partial charge in [0.15, 0.2) is 5.69 Å². The molecule has 1 rings (SSSR count). The summed E-state index contributed by atoms with van der Waals surface area (Å²) in [4.78, 5) is 20.4. The SMILES string of the molecule is COC(=O)CNc1cn[nH]c1[N+](=O)[O-]. The fourth-order valence-electron chi connectivity index (χ4n) is 0.787. The summed E-state index contributed by atoms with van der Waals surface area (Å²) < 4.78 is 4.35. The number of anilines is 1. The third kappa shape index (κ3) is 2.19. The van der Waals surface area contributed by atoms with E-state index in [0.717, 1.165) is 0 Å². The number of hydrogen-bond acceptors (Lipinski definition) is 6. The number of methoxy groups -OCH3 is 1. The van der Waals surface area contributed by atoms with Crippen molar-refractivity contribution in [3.63, 3.8) is 0 Å². The van der Waals surface area contributed by atoms with E-state index in [0.29, 0.717) is 0 Å². The number of hydrogen-bond donors (Lipinski definition) is 2. The van der Waals surface area contributed by atoms with E-state index in [-0.39, 0.29) is 18.1 Å². The van der Waals surface area contributed by atoms with E-state index in [2.05, 4.69) is 20.3 Å². The first-order chi connectivity index (χ1) is 6.65. The van der Waals surface area contributed by atoms with Crippen LogP contribution in [0.3, 0.4) is 0 Å². The number of nitrogens with one attached hydrogen (secondary N) is 2. The summed E-state index contributed by atoms with van der Waals surface area (Å²) in [6, 6.07) is 0. The molecule has 8 heteroatoms. The van der Waals surface area contributed by atoms with E-state index in [1.807, 2.05) is 0 Å². The number of carbonyl (C=O) groups is 1. The van der Waals surface area contributed by atoms with Gasteiger partial charge in [-0.15, -0.1) is 5.10 Å². The van der Waals surface area contributed by atoms with Crippen molar-refractivity contribution in [3.8, 4) is 0 Å². The highest BCUT2D eigenvalue weighted by Gasteiger charge is 2.15. The summed E-state index contributed by atoms with van der Waals surface area (Å²) in [7, 11) is 1.23. The second kappa shape index (κ2) is 4.21. The first kappa shape index (κ1) is 9.96. The van der Waals surface area contributed by atoms with Gasteiger partial charge in [-0.05, 0) is 4.92 Å². The van der Waals surface area contributed by atoms with Crippen LogP contribution in [0, 0.1) is 10.1 Å². The number of ether oxygens (including phenoxy) is 1. The minimum absolute atomic E-state index is 0.142. The summed E-state index contributed by atoms with van der Waals surface area (Å²) in [6.45, 7) is -0.142. The molecule has 0 atom stereocenters. The molecule has 0 fully saturated rings. The molecule has 0 aliphatic heterocycles. The van der Waals surface area contributed by atoms with Crippen LogP contribution in [0.25, 0.3) is 0 Å². The molecule has 8 nitrogen and oxygen atoms in total. The maximum atomic E-state index is 10.7. The average Bonchev–Trinajstić information content (AvgIpc) is 2.62. The Labute approximate surface area is 78.4 Å². The Hall–Kier alpha value is -2.12. The maximum Gasteiger partial charge on any atom is 0.366 e. The first-order valence-corrected chi connectivity index (χ1v) is 3.63. The van der Waals surface area contributed by atoms with Crippen LogP contribution in [0.2, 0.25) is 0 Å². The summed E-state index contributed by atoms with van der Waals surface area (Å²) in [5.41, 5.74) is 0.153. The van der Waals surface area contributed by atoms with Gasteiger partial charge >= 0.3 is 11.8 Å². The standard InChI is InChI=1S/C6H8N4O4/c1-14-5(11)3-7-4-2-8-9-6(4)10(12)13/h2,7H,3H2,1H3,(H,8,9). The Morgan fingerprint density at radius 3 is 3.14 bits per heavy atom. The number of esters is 1. The van der Waals surface area contributed by atoms with Crippen LogP contribution in [-0.2, 0) is 9.53 Å². The Bertz CT molecular complexity index is 347. The molecule has 1 aromatic heterocycles. The summed E-state index contributed by atoms with van der Waals surface area (Å²) >= 11 is 0. The zero-order valence-corrected chi connectivity index (χ0v) is 7.31. The molecule has 0 aliphatic rings. The molecule has 0 aliphatic carbocycles. The van der Waals surface area contributed by atoms with Gasteiger partial charge in [0.05, 0.1) is 7.11 Å². The Balaban J connectivity index is 2.63. The fraction of sp³-hybridized carbons (Fsp3) is 0.333. The van der Waals surface area contributed by atoms with E-state index in [9.17, 15) is 14.9 Å². The van der Waals surface area contributed by atoms with Crippen molar-refractivity contribution in [2.24, 2.45) is 0 Å². The molecular formula is C6H8N4O4. The topological polar surface area (TPSA) is 110 Å². The minimum Gasteiger partial charge on any atom is -0.468 e. The zero-order chi connectivity index (χ0) is 10.6. The number of H-pyrrole nitrogens is 1. The molecule has 76 valence electrons. The second-order valence-electron chi connectivity index (χ2n) is 2.32. The maximum absolute atomic E-state index is 10.7. The number of aromatic amines is 1. The quantitative estimate of drug-likeness (QED) is 0.399. The number of aromatic nitrogens is 2. The van der Waals surface area contributed by atoms with Crippen LogP contribution < -0.4 is 5.32 Å². The summed E-state index contributed by atoms with van der Waals surface area (Å²) in [5.74, 6) is -0.797. The van der Waals surface area contributed by atoms with Gasteiger partial charge in [-0.1, -0.05) is 5.10 Å². The highest BCUT2D eigenvalue weighted by molar-refractivity contribution is 5.75. The third-order valence-corrected chi connectivity index (χ3v) is 1.45. The van der Waals surface area contributed by atoms with Crippen molar-refractivity contribution in [3.05, 3.63) is 16.3 Å². The number of carbonyl (C=O) groups excluding carboxylic acids is 1.